The van der Waals surface area contributed by atoms with Crippen molar-refractivity contribution in [3.8, 4) is 5.75 Å². The first-order valence-corrected chi connectivity index (χ1v) is 7.77. The number of anilines is 1. The molecule has 122 valence electrons. The minimum Gasteiger partial charge on any atom is -0.484 e. The topological polar surface area (TPSA) is 56.1 Å². The number of ether oxygens (including phenoxy) is 1. The van der Waals surface area contributed by atoms with E-state index in [2.05, 4.69) is 10.4 Å². The smallest absolute Gasteiger partial charge is 0.263 e. The van der Waals surface area contributed by atoms with Crippen LogP contribution >= 0.6 is 0 Å². The van der Waals surface area contributed by atoms with Crippen LogP contribution in [0.25, 0.3) is 0 Å². The molecule has 24 heavy (non-hydrogen) atoms. The molecule has 0 spiro atoms. The molecule has 3 aromatic rings. The van der Waals surface area contributed by atoms with Crippen molar-refractivity contribution in [1.82, 2.24) is 9.78 Å². The summed E-state index contributed by atoms with van der Waals surface area (Å²) in [6, 6.07) is 21.2. The zero-order chi connectivity index (χ0) is 16.8. The Morgan fingerprint density at radius 1 is 1.08 bits per heavy atom. The molecule has 0 saturated carbocycles. The van der Waals surface area contributed by atoms with E-state index in [4.69, 9.17) is 4.74 Å². The lowest BCUT2D eigenvalue weighted by molar-refractivity contribution is -0.118. The third kappa shape index (κ3) is 4.23. The van der Waals surface area contributed by atoms with E-state index in [1.165, 1.54) is 0 Å². The Morgan fingerprint density at radius 2 is 1.75 bits per heavy atom. The quantitative estimate of drug-likeness (QED) is 0.758. The monoisotopic (exact) mass is 321 g/mol. The molecule has 0 atom stereocenters. The number of nitrogens with zero attached hydrogens (tertiary/aromatic N) is 2. The molecule has 3 rings (SSSR count). The zero-order valence-corrected chi connectivity index (χ0v) is 13.5. The average molecular weight is 321 g/mol. The van der Waals surface area contributed by atoms with Crippen molar-refractivity contribution in [2.45, 2.75) is 13.5 Å². The Labute approximate surface area is 140 Å². The third-order valence-electron chi connectivity index (χ3n) is 3.54. The van der Waals surface area contributed by atoms with Gasteiger partial charge < -0.3 is 10.1 Å². The first kappa shape index (κ1) is 15.8. The molecule has 0 unspecified atom stereocenters. The summed E-state index contributed by atoms with van der Waals surface area (Å²) < 4.78 is 7.29. The summed E-state index contributed by atoms with van der Waals surface area (Å²) >= 11 is 0. The van der Waals surface area contributed by atoms with Gasteiger partial charge in [0.05, 0.1) is 6.54 Å². The van der Waals surface area contributed by atoms with Gasteiger partial charge in [0.15, 0.2) is 12.4 Å². The van der Waals surface area contributed by atoms with Crippen molar-refractivity contribution in [1.29, 1.82) is 0 Å². The molecule has 1 N–H and O–H groups in total. The number of benzene rings is 2. The van der Waals surface area contributed by atoms with E-state index in [1.54, 1.807) is 0 Å². The van der Waals surface area contributed by atoms with Crippen LogP contribution in [0.3, 0.4) is 0 Å². The second-order valence-electron chi connectivity index (χ2n) is 5.46. The molecule has 5 heteroatoms. The Bertz CT molecular complexity index is 798. The van der Waals surface area contributed by atoms with E-state index in [0.717, 1.165) is 11.3 Å². The third-order valence-corrected chi connectivity index (χ3v) is 3.54. The lowest BCUT2D eigenvalue weighted by Gasteiger charge is -2.06. The summed E-state index contributed by atoms with van der Waals surface area (Å²) in [5, 5.41) is 7.19. The molecule has 0 aliphatic heterocycles. The number of carbonyl (C=O) groups is 1. The Morgan fingerprint density at radius 3 is 2.46 bits per heavy atom. The number of aromatic nitrogens is 2. The summed E-state index contributed by atoms with van der Waals surface area (Å²) in [4.78, 5) is 12.0. The molecule has 0 aliphatic carbocycles. The molecule has 0 radical (unpaired) electrons. The molecule has 5 nitrogen and oxygen atoms in total. The average Bonchev–Trinajstić information content (AvgIpc) is 2.94. The van der Waals surface area contributed by atoms with Crippen molar-refractivity contribution in [2.75, 3.05) is 11.9 Å². The number of carbonyl (C=O) groups excluding carboxylic acids is 1. The van der Waals surface area contributed by atoms with Gasteiger partial charge in [-0.15, -0.1) is 0 Å². The fourth-order valence-electron chi connectivity index (χ4n) is 2.33. The lowest BCUT2D eigenvalue weighted by Crippen LogP contribution is -2.20. The number of rotatable bonds is 6. The van der Waals surface area contributed by atoms with Crippen molar-refractivity contribution >= 4 is 11.7 Å². The van der Waals surface area contributed by atoms with Crippen LogP contribution in [-0.2, 0) is 11.3 Å². The number of hydrogen-bond donors (Lipinski definition) is 1. The van der Waals surface area contributed by atoms with Crippen LogP contribution in [0.1, 0.15) is 11.3 Å². The highest BCUT2D eigenvalue weighted by Crippen LogP contribution is 2.12. The van der Waals surface area contributed by atoms with Crippen molar-refractivity contribution in [3.05, 3.63) is 78.0 Å². The Kier molecular flexibility index (Phi) is 4.91. The fourth-order valence-corrected chi connectivity index (χ4v) is 2.33. The van der Waals surface area contributed by atoms with Gasteiger partial charge in [0, 0.05) is 11.8 Å². The molecule has 1 amide bonds. The maximum absolute atomic E-state index is 12.0. The number of amides is 1. The van der Waals surface area contributed by atoms with Gasteiger partial charge in [-0.1, -0.05) is 48.5 Å². The molecule has 0 fully saturated rings. The number of nitrogens with one attached hydrogen (secondary N) is 1. The second-order valence-corrected chi connectivity index (χ2v) is 5.46. The first-order valence-electron chi connectivity index (χ1n) is 7.77. The summed E-state index contributed by atoms with van der Waals surface area (Å²) in [5.74, 6) is 0.965. The zero-order valence-electron chi connectivity index (χ0n) is 13.5. The van der Waals surface area contributed by atoms with Gasteiger partial charge in [-0.2, -0.15) is 5.10 Å². The van der Waals surface area contributed by atoms with Crippen LogP contribution in [0, 0.1) is 6.92 Å². The van der Waals surface area contributed by atoms with Crippen LogP contribution in [0.4, 0.5) is 5.82 Å². The van der Waals surface area contributed by atoms with Gasteiger partial charge in [-0.25, -0.2) is 0 Å². The van der Waals surface area contributed by atoms with Crippen molar-refractivity contribution in [2.24, 2.45) is 0 Å². The molecule has 0 bridgehead atoms. The van der Waals surface area contributed by atoms with Gasteiger partial charge in [0.1, 0.15) is 5.75 Å². The second kappa shape index (κ2) is 7.46. The van der Waals surface area contributed by atoms with E-state index in [9.17, 15) is 4.79 Å². The van der Waals surface area contributed by atoms with Crippen LogP contribution in [0.2, 0.25) is 0 Å². The van der Waals surface area contributed by atoms with Crippen LogP contribution in [0.5, 0.6) is 5.75 Å². The van der Waals surface area contributed by atoms with E-state index in [1.807, 2.05) is 78.3 Å². The first-order chi connectivity index (χ1) is 11.7. The summed E-state index contributed by atoms with van der Waals surface area (Å²) in [6.45, 7) is 2.59. The largest absolute Gasteiger partial charge is 0.484 e. The number of hydrogen-bond acceptors (Lipinski definition) is 3. The Hall–Kier alpha value is -3.08. The molecular weight excluding hydrogens is 302 g/mol. The van der Waals surface area contributed by atoms with Gasteiger partial charge in [0.2, 0.25) is 0 Å². The van der Waals surface area contributed by atoms with Crippen LogP contribution in [0.15, 0.2) is 66.7 Å². The maximum Gasteiger partial charge on any atom is 0.263 e. The van der Waals surface area contributed by atoms with Gasteiger partial charge in [0.25, 0.3) is 5.91 Å². The molecule has 2 aromatic carbocycles. The highest BCUT2D eigenvalue weighted by molar-refractivity contribution is 5.90. The molecule has 0 aliphatic rings. The molecule has 1 aromatic heterocycles. The molecular formula is C19H19N3O2. The minimum atomic E-state index is -0.233. The van der Waals surface area contributed by atoms with Gasteiger partial charge in [-0.3, -0.25) is 9.48 Å². The van der Waals surface area contributed by atoms with Crippen molar-refractivity contribution in [3.63, 3.8) is 0 Å². The highest BCUT2D eigenvalue weighted by atomic mass is 16.5. The predicted molar refractivity (Wildman–Crippen MR) is 93.1 cm³/mol. The summed E-state index contributed by atoms with van der Waals surface area (Å²) in [6.07, 6.45) is 0. The minimum absolute atomic E-state index is 0.0470. The number of para-hydroxylation sites is 1. The highest BCUT2D eigenvalue weighted by Gasteiger charge is 2.09. The fraction of sp³-hybridized carbons (Fsp3) is 0.158. The van der Waals surface area contributed by atoms with E-state index in [0.29, 0.717) is 18.1 Å². The predicted octanol–water partition coefficient (Wildman–Crippen LogP) is 3.26. The van der Waals surface area contributed by atoms with E-state index < -0.39 is 0 Å². The van der Waals surface area contributed by atoms with Crippen LogP contribution < -0.4 is 10.1 Å². The van der Waals surface area contributed by atoms with E-state index >= 15 is 0 Å². The molecule has 0 saturated heterocycles. The normalized spacial score (nSPS) is 10.4. The molecule has 1 heterocycles. The van der Waals surface area contributed by atoms with Crippen molar-refractivity contribution < 1.29 is 9.53 Å². The Balaban J connectivity index is 1.57. The van der Waals surface area contributed by atoms with Gasteiger partial charge in [-0.05, 0) is 24.6 Å². The maximum atomic E-state index is 12.0. The SMILES string of the molecule is Cc1cc(NC(=O)COc2ccccc2)nn1Cc1ccccc1. The van der Waals surface area contributed by atoms with Gasteiger partial charge >= 0.3 is 0 Å². The summed E-state index contributed by atoms with van der Waals surface area (Å²) in [7, 11) is 0. The van der Waals surface area contributed by atoms with Crippen LogP contribution in [-0.4, -0.2) is 22.3 Å². The lowest BCUT2D eigenvalue weighted by atomic mass is 10.2. The number of aryl methyl sites for hydroxylation is 1. The standard InChI is InChI=1S/C19H19N3O2/c1-15-12-18(21-22(15)13-16-8-4-2-5-9-16)20-19(23)14-24-17-10-6-3-7-11-17/h2-12H,13-14H2,1H3,(H,20,21,23). The summed E-state index contributed by atoms with van der Waals surface area (Å²) in [5.41, 5.74) is 2.15. The van der Waals surface area contributed by atoms with E-state index in [-0.39, 0.29) is 12.5 Å².